The number of fused-ring (bicyclic) bond motifs is 5. The van der Waals surface area contributed by atoms with E-state index in [9.17, 15) is 20.1 Å². The number of rotatable bonds is 6. The van der Waals surface area contributed by atoms with E-state index < -0.39 is 22.7 Å². The fourth-order valence-electron chi connectivity index (χ4n) is 9.75. The van der Waals surface area contributed by atoms with Crippen LogP contribution in [0.1, 0.15) is 70.3 Å². The van der Waals surface area contributed by atoms with Crippen molar-refractivity contribution in [3.8, 4) is 11.5 Å². The molecule has 0 aromatic heterocycles. The highest BCUT2D eigenvalue weighted by molar-refractivity contribution is 5.85. The third kappa shape index (κ3) is 3.89. The summed E-state index contributed by atoms with van der Waals surface area (Å²) >= 11 is 0. The van der Waals surface area contributed by atoms with Gasteiger partial charge in [-0.3, -0.25) is 4.99 Å². The first-order valence-electron chi connectivity index (χ1n) is 14.8. The van der Waals surface area contributed by atoms with Crippen LogP contribution < -0.4 is 9.47 Å². The summed E-state index contributed by atoms with van der Waals surface area (Å²) in [5, 5.41) is 35.4. The number of aliphatic hydroxyl groups excluding tert-OH is 1. The van der Waals surface area contributed by atoms with Gasteiger partial charge < -0.3 is 29.5 Å². The molecule has 1 heterocycles. The number of hydrogen-bond donors (Lipinski definition) is 3. The molecule has 40 heavy (non-hydrogen) atoms. The molecule has 218 valence electrons. The molecular formula is C32H43NO7. The highest BCUT2D eigenvalue weighted by Crippen LogP contribution is 2.70. The quantitative estimate of drug-likeness (QED) is 0.360. The molecule has 0 spiro atoms. The zero-order chi connectivity index (χ0) is 28.3. The molecule has 4 aliphatic carbocycles. The van der Waals surface area contributed by atoms with Gasteiger partial charge in [0.25, 0.3) is 0 Å². The fourth-order valence-corrected chi connectivity index (χ4v) is 9.75. The Morgan fingerprint density at radius 1 is 1.05 bits per heavy atom. The van der Waals surface area contributed by atoms with Crippen LogP contribution in [0.5, 0.6) is 11.5 Å². The van der Waals surface area contributed by atoms with Gasteiger partial charge in [0.1, 0.15) is 6.61 Å². The molecule has 0 amide bonds. The normalized spacial score (nSPS) is 42.5. The molecular weight excluding hydrogens is 510 g/mol. The van der Waals surface area contributed by atoms with Gasteiger partial charge in [0.05, 0.1) is 38.1 Å². The minimum absolute atomic E-state index is 0.00296. The van der Waals surface area contributed by atoms with Crippen LogP contribution in [0.4, 0.5) is 0 Å². The number of aliphatic imine (C=N–C) groups is 1. The van der Waals surface area contributed by atoms with E-state index >= 15 is 0 Å². The van der Waals surface area contributed by atoms with Crippen molar-refractivity contribution in [3.05, 3.63) is 35.4 Å². The van der Waals surface area contributed by atoms with E-state index in [1.54, 1.807) is 20.3 Å². The maximum Gasteiger partial charge on any atom is 0.331 e. The Kier molecular flexibility index (Phi) is 6.83. The van der Waals surface area contributed by atoms with E-state index in [1.165, 1.54) is 0 Å². The number of esters is 1. The number of carbonyl (C=O) groups is 1. The summed E-state index contributed by atoms with van der Waals surface area (Å²) in [6.07, 6.45) is 9.04. The Balaban J connectivity index is 1.35. The van der Waals surface area contributed by atoms with Gasteiger partial charge >= 0.3 is 5.97 Å². The largest absolute Gasteiger partial charge is 0.493 e. The van der Waals surface area contributed by atoms with Crippen molar-refractivity contribution < 1.29 is 34.3 Å². The lowest BCUT2D eigenvalue weighted by molar-refractivity contribution is -0.237. The number of cyclic esters (lactones) is 1. The number of hydrogen-bond acceptors (Lipinski definition) is 8. The van der Waals surface area contributed by atoms with Crippen LogP contribution in [0.2, 0.25) is 0 Å². The molecule has 1 aliphatic heterocycles. The molecule has 1 aromatic rings. The second-order valence-corrected chi connectivity index (χ2v) is 13.1. The average molecular weight is 554 g/mol. The SMILES string of the molecule is COc1cccc(CN=C[C@]23CC[C@H](O)C[C@]2(O)CC[C@@H]2[C@@H]3CC[C@]3(C)[C@H](C4=CC(=O)OC4)CC[C@]23O)c1OC. The number of nitrogens with zero attached hydrogens (tertiary/aromatic N) is 1. The summed E-state index contributed by atoms with van der Waals surface area (Å²) in [5.41, 5.74) is -1.06. The second kappa shape index (κ2) is 9.85. The number of aliphatic hydroxyl groups is 3. The number of carbonyl (C=O) groups excluding carboxylic acids is 1. The minimum atomic E-state index is -1.08. The Morgan fingerprint density at radius 3 is 2.58 bits per heavy atom. The van der Waals surface area contributed by atoms with E-state index in [0.717, 1.165) is 30.4 Å². The summed E-state index contributed by atoms with van der Waals surface area (Å²) in [6.45, 7) is 2.90. The van der Waals surface area contributed by atoms with Crippen LogP contribution in [0, 0.1) is 28.6 Å². The highest BCUT2D eigenvalue weighted by Gasteiger charge is 2.71. The molecule has 0 radical (unpaired) electrons. The predicted octanol–water partition coefficient (Wildman–Crippen LogP) is 3.99. The van der Waals surface area contributed by atoms with Crippen molar-refractivity contribution in [2.45, 2.75) is 88.6 Å². The van der Waals surface area contributed by atoms with Crippen LogP contribution in [-0.2, 0) is 16.1 Å². The molecule has 4 saturated carbocycles. The average Bonchev–Trinajstić information content (AvgIpc) is 3.48. The van der Waals surface area contributed by atoms with Gasteiger partial charge in [-0.2, -0.15) is 0 Å². The Bertz CT molecular complexity index is 1230. The monoisotopic (exact) mass is 553 g/mol. The van der Waals surface area contributed by atoms with E-state index in [2.05, 4.69) is 6.92 Å². The number of ether oxygens (including phenoxy) is 3. The van der Waals surface area contributed by atoms with Gasteiger partial charge in [0, 0.05) is 35.1 Å². The molecule has 0 unspecified atom stereocenters. The van der Waals surface area contributed by atoms with E-state index in [-0.39, 0.29) is 29.1 Å². The molecule has 4 fully saturated rings. The predicted molar refractivity (Wildman–Crippen MR) is 149 cm³/mol. The highest BCUT2D eigenvalue weighted by atomic mass is 16.5. The van der Waals surface area contributed by atoms with Crippen LogP contribution in [-0.4, -0.2) is 65.6 Å². The van der Waals surface area contributed by atoms with Crippen LogP contribution in [0.3, 0.4) is 0 Å². The summed E-state index contributed by atoms with van der Waals surface area (Å²) in [5.74, 6) is 1.18. The zero-order valence-electron chi connectivity index (χ0n) is 23.9. The van der Waals surface area contributed by atoms with Crippen molar-refractivity contribution in [1.82, 2.24) is 0 Å². The van der Waals surface area contributed by atoms with Crippen LogP contribution >= 0.6 is 0 Å². The molecule has 1 aromatic carbocycles. The van der Waals surface area contributed by atoms with Crippen molar-refractivity contribution in [1.29, 1.82) is 0 Å². The second-order valence-electron chi connectivity index (χ2n) is 13.1. The summed E-state index contributed by atoms with van der Waals surface area (Å²) in [4.78, 5) is 16.8. The van der Waals surface area contributed by atoms with Crippen LogP contribution in [0.25, 0.3) is 0 Å². The van der Waals surface area contributed by atoms with Crippen molar-refractivity contribution in [3.63, 3.8) is 0 Å². The van der Waals surface area contributed by atoms with Crippen molar-refractivity contribution in [2.75, 3.05) is 20.8 Å². The Hall–Kier alpha value is -2.42. The molecule has 3 N–H and O–H groups in total. The topological polar surface area (TPSA) is 118 Å². The first-order chi connectivity index (χ1) is 19.1. The third-order valence-corrected chi connectivity index (χ3v) is 11.7. The molecule has 8 heteroatoms. The van der Waals surface area contributed by atoms with Gasteiger partial charge in [0.2, 0.25) is 0 Å². The van der Waals surface area contributed by atoms with Crippen molar-refractivity contribution >= 4 is 12.2 Å². The van der Waals surface area contributed by atoms with Gasteiger partial charge in [-0.05, 0) is 80.8 Å². The maximum atomic E-state index is 12.6. The maximum absolute atomic E-state index is 12.6. The zero-order valence-corrected chi connectivity index (χ0v) is 23.9. The van der Waals surface area contributed by atoms with Crippen molar-refractivity contribution in [2.24, 2.45) is 33.6 Å². The van der Waals surface area contributed by atoms with Crippen LogP contribution in [0.15, 0.2) is 34.8 Å². The van der Waals surface area contributed by atoms with E-state index in [1.807, 2.05) is 24.4 Å². The molecule has 5 aliphatic rings. The standard InChI is InChI=1S/C32H43NO7/c1-29-11-8-24-25(32(29,37)14-10-23(29)21-15-27(35)40-18-21)9-13-31(36)16-22(34)7-12-30(24,31)19-33-17-20-5-4-6-26(38-2)28(20)39-3/h4-6,15,19,22-25,34,36-37H,7-14,16-18H2,1-3H3/t22-,23-,24-,25+,29+,30-,31+,32-/m0/s1. The lowest BCUT2D eigenvalue weighted by atomic mass is 9.41. The number of benzene rings is 1. The summed E-state index contributed by atoms with van der Waals surface area (Å²) in [6, 6.07) is 5.74. The van der Waals surface area contributed by atoms with E-state index in [0.29, 0.717) is 63.2 Å². The number of methoxy groups -OCH3 is 2. The van der Waals surface area contributed by atoms with Gasteiger partial charge in [-0.1, -0.05) is 19.1 Å². The van der Waals surface area contributed by atoms with Gasteiger partial charge in [-0.15, -0.1) is 0 Å². The molecule has 6 rings (SSSR count). The lowest BCUT2D eigenvalue weighted by Crippen LogP contribution is -2.68. The summed E-state index contributed by atoms with van der Waals surface area (Å²) < 4.78 is 16.3. The Labute approximate surface area is 236 Å². The summed E-state index contributed by atoms with van der Waals surface area (Å²) in [7, 11) is 3.23. The smallest absolute Gasteiger partial charge is 0.331 e. The molecule has 0 saturated heterocycles. The first-order valence-corrected chi connectivity index (χ1v) is 14.8. The lowest BCUT2D eigenvalue weighted by Gasteiger charge is -2.65. The minimum Gasteiger partial charge on any atom is -0.493 e. The first kappa shape index (κ1) is 27.7. The van der Waals surface area contributed by atoms with Gasteiger partial charge in [-0.25, -0.2) is 4.79 Å². The molecule has 8 atom stereocenters. The number of para-hydroxylation sites is 1. The molecule has 0 bridgehead atoms. The fraction of sp³-hybridized carbons (Fsp3) is 0.688. The molecule has 8 nitrogen and oxygen atoms in total. The van der Waals surface area contributed by atoms with E-state index in [4.69, 9.17) is 19.2 Å². The third-order valence-electron chi connectivity index (χ3n) is 11.7. The van der Waals surface area contributed by atoms with Gasteiger partial charge in [0.15, 0.2) is 11.5 Å². The Morgan fingerprint density at radius 2 is 1.85 bits per heavy atom.